The molecule has 0 aliphatic carbocycles. The molecule has 2 N–H and O–H groups in total. The van der Waals surface area contributed by atoms with Crippen molar-refractivity contribution in [3.63, 3.8) is 0 Å². The molecule has 0 saturated heterocycles. The summed E-state index contributed by atoms with van der Waals surface area (Å²) in [5.41, 5.74) is 2.41. The van der Waals surface area contributed by atoms with Crippen LogP contribution in [0.1, 0.15) is 24.2 Å². The summed E-state index contributed by atoms with van der Waals surface area (Å²) in [4.78, 5) is 16.7. The Bertz CT molecular complexity index is 910. The van der Waals surface area contributed by atoms with Gasteiger partial charge in [-0.3, -0.25) is 9.20 Å². The van der Waals surface area contributed by atoms with Gasteiger partial charge < -0.3 is 5.32 Å². The minimum absolute atomic E-state index is 0.0786. The molecule has 2 aromatic heterocycles. The van der Waals surface area contributed by atoms with E-state index < -0.39 is 0 Å². The Kier molecular flexibility index (Phi) is 4.80. The molecule has 0 aliphatic heterocycles. The third-order valence-electron chi connectivity index (χ3n) is 3.75. The van der Waals surface area contributed by atoms with Gasteiger partial charge in [0.05, 0.1) is 0 Å². The molecule has 3 aromatic rings. The maximum absolute atomic E-state index is 12.2. The zero-order valence-electron chi connectivity index (χ0n) is 12.5. The number of benzene rings is 1. The Morgan fingerprint density at radius 3 is 2.87 bits per heavy atom. The van der Waals surface area contributed by atoms with Crippen molar-refractivity contribution < 1.29 is 5.32 Å². The molecule has 0 bridgehead atoms. The molecular weight excluding hydrogens is 378 g/mol. The molecule has 0 amide bonds. The normalized spacial score (nSPS) is 12.5. The Balaban J connectivity index is 1.81. The maximum Gasteiger partial charge on any atom is 0.258 e. The van der Waals surface area contributed by atoms with Gasteiger partial charge in [-0.05, 0) is 41.1 Å². The zero-order valence-corrected chi connectivity index (χ0v) is 14.9. The first-order chi connectivity index (χ1) is 11.0. The molecule has 23 heavy (non-hydrogen) atoms. The number of nitrogens with zero attached hydrogens (tertiary/aromatic N) is 2. The maximum atomic E-state index is 12.2. The molecule has 0 fully saturated rings. The number of hydrogen-bond acceptors (Lipinski definition) is 2. The molecule has 0 unspecified atom stereocenters. The highest BCUT2D eigenvalue weighted by Crippen LogP contribution is 2.19. The van der Waals surface area contributed by atoms with E-state index in [1.54, 1.807) is 12.3 Å². The molecule has 0 radical (unpaired) electrons. The van der Waals surface area contributed by atoms with E-state index in [9.17, 15) is 4.79 Å². The highest BCUT2D eigenvalue weighted by atomic mass is 79.9. The van der Waals surface area contributed by atoms with Crippen LogP contribution in [0.3, 0.4) is 0 Å². The van der Waals surface area contributed by atoms with Crippen molar-refractivity contribution in [2.45, 2.75) is 19.5 Å². The number of aromatic nitrogens is 2. The number of fused-ring (bicyclic) bond motifs is 1. The fourth-order valence-corrected chi connectivity index (χ4v) is 3.14. The van der Waals surface area contributed by atoms with E-state index >= 15 is 0 Å². The predicted octanol–water partition coefficient (Wildman–Crippen LogP) is 2.94. The van der Waals surface area contributed by atoms with E-state index in [-0.39, 0.29) is 11.6 Å². The van der Waals surface area contributed by atoms with Crippen LogP contribution < -0.4 is 10.9 Å². The summed E-state index contributed by atoms with van der Waals surface area (Å²) in [7, 11) is 0. The number of rotatable bonds is 4. The Morgan fingerprint density at radius 2 is 2.09 bits per heavy atom. The van der Waals surface area contributed by atoms with Crippen LogP contribution in [0, 0.1) is 0 Å². The summed E-state index contributed by atoms with van der Waals surface area (Å²) in [6.07, 6.45) is 1.73. The first-order valence-electron chi connectivity index (χ1n) is 7.30. The lowest BCUT2D eigenvalue weighted by atomic mass is 10.1. The van der Waals surface area contributed by atoms with Gasteiger partial charge in [-0.15, -0.1) is 0 Å². The van der Waals surface area contributed by atoms with Gasteiger partial charge in [-0.1, -0.05) is 29.8 Å². The van der Waals surface area contributed by atoms with Crippen LogP contribution in [0.25, 0.3) is 5.65 Å². The van der Waals surface area contributed by atoms with Crippen molar-refractivity contribution in [2.24, 2.45) is 0 Å². The quantitative estimate of drug-likeness (QED) is 0.741. The monoisotopic (exact) mass is 392 g/mol. The van der Waals surface area contributed by atoms with E-state index in [1.165, 1.54) is 4.40 Å². The summed E-state index contributed by atoms with van der Waals surface area (Å²) in [6, 6.07) is 13.3. The van der Waals surface area contributed by atoms with Crippen LogP contribution in [0.2, 0.25) is 5.02 Å². The second-order valence-electron chi connectivity index (χ2n) is 5.41. The molecule has 1 atom stereocenters. The largest absolute Gasteiger partial charge is 0.335 e. The Hall–Kier alpha value is -1.69. The second-order valence-corrected chi connectivity index (χ2v) is 6.73. The summed E-state index contributed by atoms with van der Waals surface area (Å²) < 4.78 is 2.38. The van der Waals surface area contributed by atoms with Crippen LogP contribution in [0.5, 0.6) is 0 Å². The van der Waals surface area contributed by atoms with Crippen LogP contribution in [-0.4, -0.2) is 9.38 Å². The highest BCUT2D eigenvalue weighted by Gasteiger charge is 2.13. The molecule has 0 saturated carbocycles. The van der Waals surface area contributed by atoms with Crippen molar-refractivity contribution >= 4 is 33.2 Å². The van der Waals surface area contributed by atoms with Gasteiger partial charge >= 0.3 is 0 Å². The van der Waals surface area contributed by atoms with Gasteiger partial charge in [0.2, 0.25) is 0 Å². The minimum Gasteiger partial charge on any atom is -0.335 e. The molecule has 3 rings (SSSR count). The van der Waals surface area contributed by atoms with Gasteiger partial charge in [0, 0.05) is 27.3 Å². The number of nitrogens with two attached hydrogens (primary N) is 1. The third-order valence-corrected chi connectivity index (χ3v) is 4.57. The first kappa shape index (κ1) is 16.2. The molecular formula is C17H16BrClN3O+. The van der Waals surface area contributed by atoms with E-state index in [0.29, 0.717) is 12.2 Å². The van der Waals surface area contributed by atoms with E-state index in [2.05, 4.69) is 33.2 Å². The molecule has 118 valence electrons. The minimum atomic E-state index is -0.0786. The summed E-state index contributed by atoms with van der Waals surface area (Å²) in [5.74, 6) is 0. The van der Waals surface area contributed by atoms with E-state index in [4.69, 9.17) is 11.6 Å². The van der Waals surface area contributed by atoms with Crippen molar-refractivity contribution in [1.29, 1.82) is 0 Å². The van der Waals surface area contributed by atoms with Gasteiger partial charge in [0.25, 0.3) is 5.56 Å². The summed E-state index contributed by atoms with van der Waals surface area (Å²) in [6.45, 7) is 2.71. The SMILES string of the molecule is C[C@H]([NH2+]Cc1cc(=O)n2cc(Br)ccc2n1)c1ccccc1Cl. The second kappa shape index (κ2) is 6.83. The van der Waals surface area contributed by atoms with Crippen molar-refractivity contribution in [1.82, 2.24) is 9.38 Å². The number of quaternary nitrogens is 1. The topological polar surface area (TPSA) is 51.0 Å². The van der Waals surface area contributed by atoms with Gasteiger partial charge in [0.1, 0.15) is 23.9 Å². The van der Waals surface area contributed by atoms with Crippen LogP contribution in [-0.2, 0) is 6.54 Å². The van der Waals surface area contributed by atoms with Gasteiger partial charge in [-0.2, -0.15) is 0 Å². The third kappa shape index (κ3) is 3.63. The number of halogens is 2. The average molecular weight is 394 g/mol. The van der Waals surface area contributed by atoms with Crippen LogP contribution in [0.4, 0.5) is 0 Å². The lowest BCUT2D eigenvalue weighted by Gasteiger charge is -2.12. The standard InChI is InChI=1S/C17H15BrClN3O/c1-11(14-4-2-3-5-15(14)19)20-9-13-8-17(23)22-10-12(18)6-7-16(22)21-13/h2-8,10-11,20H,9H2,1H3/p+1/t11-/m0/s1. The molecule has 2 heterocycles. The fourth-order valence-electron chi connectivity index (χ4n) is 2.50. The first-order valence-corrected chi connectivity index (χ1v) is 8.47. The van der Waals surface area contributed by atoms with E-state index in [1.807, 2.05) is 36.4 Å². The highest BCUT2D eigenvalue weighted by molar-refractivity contribution is 9.10. The lowest BCUT2D eigenvalue weighted by Crippen LogP contribution is -2.83. The lowest BCUT2D eigenvalue weighted by molar-refractivity contribution is -0.708. The van der Waals surface area contributed by atoms with Crippen molar-refractivity contribution in [3.05, 3.63) is 79.8 Å². The molecule has 0 aliphatic rings. The van der Waals surface area contributed by atoms with Crippen LogP contribution in [0.15, 0.2) is 57.9 Å². The smallest absolute Gasteiger partial charge is 0.258 e. The predicted molar refractivity (Wildman–Crippen MR) is 94.7 cm³/mol. The fraction of sp³-hybridized carbons (Fsp3) is 0.176. The van der Waals surface area contributed by atoms with E-state index in [0.717, 1.165) is 20.8 Å². The van der Waals surface area contributed by atoms with Gasteiger partial charge in [-0.25, -0.2) is 4.98 Å². The Morgan fingerprint density at radius 1 is 1.30 bits per heavy atom. The number of pyridine rings is 1. The Labute approximate surface area is 147 Å². The van der Waals surface area contributed by atoms with Crippen molar-refractivity contribution in [2.75, 3.05) is 0 Å². The zero-order chi connectivity index (χ0) is 16.4. The molecule has 0 spiro atoms. The molecule has 6 heteroatoms. The van der Waals surface area contributed by atoms with Crippen LogP contribution >= 0.6 is 27.5 Å². The summed E-state index contributed by atoms with van der Waals surface area (Å²) in [5, 5.41) is 2.88. The van der Waals surface area contributed by atoms with Gasteiger partial charge in [0.15, 0.2) is 0 Å². The number of hydrogen-bond donors (Lipinski definition) is 1. The molecule has 4 nitrogen and oxygen atoms in total. The molecule has 1 aromatic carbocycles. The average Bonchev–Trinajstić information content (AvgIpc) is 2.54. The summed E-state index contributed by atoms with van der Waals surface area (Å²) >= 11 is 9.59. The van der Waals surface area contributed by atoms with Crippen molar-refractivity contribution in [3.8, 4) is 0 Å².